The molecule has 0 saturated carbocycles. The third kappa shape index (κ3) is 2.88. The van der Waals surface area contributed by atoms with E-state index in [1.165, 1.54) is 18.5 Å². The Kier molecular flexibility index (Phi) is 4.47. The molecule has 2 atom stereocenters. The molecule has 0 spiro atoms. The van der Waals surface area contributed by atoms with E-state index in [2.05, 4.69) is 0 Å². The van der Waals surface area contributed by atoms with Crippen molar-refractivity contribution in [3.05, 3.63) is 0 Å². The first kappa shape index (κ1) is 12.9. The van der Waals surface area contributed by atoms with Crippen molar-refractivity contribution < 1.29 is 23.0 Å². The molecule has 1 saturated heterocycles. The lowest BCUT2D eigenvalue weighted by molar-refractivity contribution is -0.00461. The van der Waals surface area contributed by atoms with E-state index in [9.17, 15) is 8.42 Å². The van der Waals surface area contributed by atoms with Crippen LogP contribution in [0.25, 0.3) is 0 Å². The SMILES string of the molecule is COC1CN(S(=O)(=O)CCO)CC1OC. The second kappa shape index (κ2) is 5.22. The molecule has 0 bridgehead atoms. The van der Waals surface area contributed by atoms with Gasteiger partial charge in [-0.05, 0) is 0 Å². The summed E-state index contributed by atoms with van der Waals surface area (Å²) < 4.78 is 34.8. The second-order valence-electron chi connectivity index (χ2n) is 3.40. The highest BCUT2D eigenvalue weighted by atomic mass is 32.2. The van der Waals surface area contributed by atoms with Crippen LogP contribution in [-0.4, -0.2) is 69.7 Å². The molecule has 0 aromatic heterocycles. The lowest BCUT2D eigenvalue weighted by atomic mass is 10.3. The average molecular weight is 239 g/mol. The number of hydrogen-bond donors (Lipinski definition) is 1. The van der Waals surface area contributed by atoms with E-state index in [1.807, 2.05) is 0 Å². The maximum atomic E-state index is 11.6. The molecule has 2 unspecified atom stereocenters. The molecule has 1 aliphatic rings. The van der Waals surface area contributed by atoms with Crippen molar-refractivity contribution >= 4 is 10.0 Å². The van der Waals surface area contributed by atoms with Gasteiger partial charge in [-0.3, -0.25) is 0 Å². The molecule has 7 heteroatoms. The number of hydrogen-bond acceptors (Lipinski definition) is 5. The van der Waals surface area contributed by atoms with E-state index in [-0.39, 0.29) is 37.7 Å². The third-order valence-electron chi connectivity index (χ3n) is 2.53. The molecule has 6 nitrogen and oxygen atoms in total. The molecule has 0 aliphatic carbocycles. The fraction of sp³-hybridized carbons (Fsp3) is 1.00. The minimum absolute atomic E-state index is 0.233. The summed E-state index contributed by atoms with van der Waals surface area (Å²) in [6.45, 7) is 0.211. The van der Waals surface area contributed by atoms with Crippen molar-refractivity contribution in [3.8, 4) is 0 Å². The van der Waals surface area contributed by atoms with E-state index in [0.717, 1.165) is 0 Å². The fourth-order valence-corrected chi connectivity index (χ4v) is 2.87. The maximum absolute atomic E-state index is 11.6. The van der Waals surface area contributed by atoms with Crippen LogP contribution in [0.5, 0.6) is 0 Å². The zero-order chi connectivity index (χ0) is 11.5. The molecule has 1 rings (SSSR count). The zero-order valence-electron chi connectivity index (χ0n) is 8.92. The van der Waals surface area contributed by atoms with Crippen molar-refractivity contribution in [1.82, 2.24) is 4.31 Å². The molecule has 0 radical (unpaired) electrons. The lowest BCUT2D eigenvalue weighted by Gasteiger charge is -2.14. The molecule has 0 aromatic rings. The van der Waals surface area contributed by atoms with Gasteiger partial charge in [-0.1, -0.05) is 0 Å². The molecule has 1 N–H and O–H groups in total. The minimum Gasteiger partial charge on any atom is -0.395 e. The van der Waals surface area contributed by atoms with Gasteiger partial charge in [0.05, 0.1) is 24.6 Å². The van der Waals surface area contributed by atoms with Gasteiger partial charge in [0.25, 0.3) is 0 Å². The van der Waals surface area contributed by atoms with Gasteiger partial charge in [-0.15, -0.1) is 0 Å². The van der Waals surface area contributed by atoms with Crippen LogP contribution in [0.4, 0.5) is 0 Å². The summed E-state index contributed by atoms with van der Waals surface area (Å²) in [7, 11) is -0.319. The number of nitrogens with zero attached hydrogens (tertiary/aromatic N) is 1. The smallest absolute Gasteiger partial charge is 0.216 e. The molecule has 1 fully saturated rings. The van der Waals surface area contributed by atoms with Crippen molar-refractivity contribution in [2.75, 3.05) is 39.7 Å². The fourth-order valence-electron chi connectivity index (χ4n) is 1.64. The third-order valence-corrected chi connectivity index (χ3v) is 4.31. The van der Waals surface area contributed by atoms with Crippen LogP contribution in [0.3, 0.4) is 0 Å². The average Bonchev–Trinajstić information content (AvgIpc) is 2.61. The number of aliphatic hydroxyl groups excluding tert-OH is 1. The van der Waals surface area contributed by atoms with Gasteiger partial charge in [0, 0.05) is 27.3 Å². The van der Waals surface area contributed by atoms with E-state index in [4.69, 9.17) is 14.6 Å². The molecule has 15 heavy (non-hydrogen) atoms. The Morgan fingerprint density at radius 3 is 2.07 bits per heavy atom. The van der Waals surface area contributed by atoms with E-state index in [1.54, 1.807) is 0 Å². The lowest BCUT2D eigenvalue weighted by Crippen LogP contribution is -2.33. The van der Waals surface area contributed by atoms with Crippen molar-refractivity contribution in [2.45, 2.75) is 12.2 Å². The molecule has 1 aliphatic heterocycles. The molecule has 0 aromatic carbocycles. The normalized spacial score (nSPS) is 28.5. The largest absolute Gasteiger partial charge is 0.395 e. The van der Waals surface area contributed by atoms with Crippen LogP contribution in [0.1, 0.15) is 0 Å². The van der Waals surface area contributed by atoms with E-state index in [0.29, 0.717) is 0 Å². The Balaban J connectivity index is 2.68. The highest BCUT2D eigenvalue weighted by Gasteiger charge is 2.38. The summed E-state index contributed by atoms with van der Waals surface area (Å²) in [5.74, 6) is -0.250. The standard InChI is InChI=1S/C8H17NO5S/c1-13-7-5-9(6-8(7)14-2)15(11,12)4-3-10/h7-8,10H,3-6H2,1-2H3. The maximum Gasteiger partial charge on any atom is 0.216 e. The molecular formula is C8H17NO5S. The van der Waals surface area contributed by atoms with Crippen LogP contribution >= 0.6 is 0 Å². The summed E-state index contributed by atoms with van der Waals surface area (Å²) in [4.78, 5) is 0. The molecule has 0 amide bonds. The van der Waals surface area contributed by atoms with Gasteiger partial charge in [0.15, 0.2) is 0 Å². The zero-order valence-corrected chi connectivity index (χ0v) is 9.74. The Morgan fingerprint density at radius 2 is 1.73 bits per heavy atom. The van der Waals surface area contributed by atoms with Crippen LogP contribution in [-0.2, 0) is 19.5 Å². The number of rotatable bonds is 5. The van der Waals surface area contributed by atoms with Gasteiger partial charge in [-0.25, -0.2) is 8.42 Å². The van der Waals surface area contributed by atoms with Crippen LogP contribution in [0.15, 0.2) is 0 Å². The Hall–Kier alpha value is -0.210. The van der Waals surface area contributed by atoms with Gasteiger partial charge in [-0.2, -0.15) is 4.31 Å². The first-order valence-electron chi connectivity index (χ1n) is 4.69. The summed E-state index contributed by atoms with van der Waals surface area (Å²) in [5.41, 5.74) is 0. The topological polar surface area (TPSA) is 76.1 Å². The first-order valence-corrected chi connectivity index (χ1v) is 6.30. The summed E-state index contributed by atoms with van der Waals surface area (Å²) in [5, 5.41) is 8.64. The van der Waals surface area contributed by atoms with Crippen LogP contribution in [0.2, 0.25) is 0 Å². The number of sulfonamides is 1. The quantitative estimate of drug-likeness (QED) is 0.642. The Bertz CT molecular complexity index is 279. The van der Waals surface area contributed by atoms with Gasteiger partial charge >= 0.3 is 0 Å². The Morgan fingerprint density at radius 1 is 1.27 bits per heavy atom. The van der Waals surface area contributed by atoms with Crippen molar-refractivity contribution in [3.63, 3.8) is 0 Å². The molecular weight excluding hydrogens is 222 g/mol. The van der Waals surface area contributed by atoms with Crippen LogP contribution in [0, 0.1) is 0 Å². The van der Waals surface area contributed by atoms with Crippen molar-refractivity contribution in [2.24, 2.45) is 0 Å². The van der Waals surface area contributed by atoms with Gasteiger partial charge in [0.2, 0.25) is 10.0 Å². The van der Waals surface area contributed by atoms with Gasteiger partial charge in [0.1, 0.15) is 0 Å². The Labute approximate surface area is 89.8 Å². The predicted octanol–water partition coefficient (Wildman–Crippen LogP) is -1.35. The second-order valence-corrected chi connectivity index (χ2v) is 5.49. The summed E-state index contributed by atoms with van der Waals surface area (Å²) >= 11 is 0. The predicted molar refractivity (Wildman–Crippen MR) is 54.0 cm³/mol. The van der Waals surface area contributed by atoms with Gasteiger partial charge < -0.3 is 14.6 Å². The number of ether oxygens (including phenoxy) is 2. The van der Waals surface area contributed by atoms with E-state index < -0.39 is 10.0 Å². The monoisotopic (exact) mass is 239 g/mol. The highest BCUT2D eigenvalue weighted by molar-refractivity contribution is 7.89. The molecule has 1 heterocycles. The first-order chi connectivity index (χ1) is 7.05. The summed E-state index contributed by atoms with van der Waals surface area (Å²) in [6.07, 6.45) is -0.466. The van der Waals surface area contributed by atoms with E-state index >= 15 is 0 Å². The van der Waals surface area contributed by atoms with Crippen molar-refractivity contribution in [1.29, 1.82) is 0 Å². The number of methoxy groups -OCH3 is 2. The number of aliphatic hydroxyl groups is 1. The van der Waals surface area contributed by atoms with Crippen LogP contribution < -0.4 is 0 Å². The minimum atomic E-state index is -3.37. The molecule has 90 valence electrons. The highest BCUT2D eigenvalue weighted by Crippen LogP contribution is 2.18. The summed E-state index contributed by atoms with van der Waals surface area (Å²) in [6, 6.07) is 0.